The van der Waals surface area contributed by atoms with Crippen LogP contribution in [0.15, 0.2) is 29.2 Å². The van der Waals surface area contributed by atoms with Gasteiger partial charge in [0.15, 0.2) is 0 Å². The van der Waals surface area contributed by atoms with Crippen molar-refractivity contribution in [3.05, 3.63) is 41.2 Å². The van der Waals surface area contributed by atoms with Gasteiger partial charge in [0.05, 0.1) is 17.4 Å². The Labute approximate surface area is 178 Å². The van der Waals surface area contributed by atoms with Crippen molar-refractivity contribution < 1.29 is 13.5 Å². The zero-order valence-electron chi connectivity index (χ0n) is 18.3. The van der Waals surface area contributed by atoms with E-state index in [1.807, 2.05) is 6.92 Å². The highest BCUT2D eigenvalue weighted by Crippen LogP contribution is 2.23. The third kappa shape index (κ3) is 10.3. The summed E-state index contributed by atoms with van der Waals surface area (Å²) in [5.74, 6) is 0. The molecule has 0 bridgehead atoms. The molecule has 0 saturated carbocycles. The van der Waals surface area contributed by atoms with Gasteiger partial charge in [0, 0.05) is 0 Å². The smallest absolute Gasteiger partial charge is 0.327 e. The van der Waals surface area contributed by atoms with Crippen molar-refractivity contribution in [1.82, 2.24) is 0 Å². The van der Waals surface area contributed by atoms with Gasteiger partial charge in [-0.15, -0.1) is 0 Å². The summed E-state index contributed by atoms with van der Waals surface area (Å²) in [6.45, 7) is 11.4. The Morgan fingerprint density at radius 2 is 1.38 bits per heavy atom. The van der Waals surface area contributed by atoms with Gasteiger partial charge in [0.25, 0.3) is 9.84 Å². The number of hydrogen-bond donors (Lipinski definition) is 1. The SMILES string of the molecule is [C-]#[N+]C(CC(O)CCCCCCCCCCCCC)S(=O)(=O)c1ccc(C)cc1. The van der Waals surface area contributed by atoms with Crippen LogP contribution in [0.25, 0.3) is 4.85 Å². The molecule has 0 aliphatic rings. The Morgan fingerprint density at radius 1 is 0.897 bits per heavy atom. The summed E-state index contributed by atoms with van der Waals surface area (Å²) in [4.78, 5) is 3.46. The predicted octanol–water partition coefficient (Wildman–Crippen LogP) is 6.47. The van der Waals surface area contributed by atoms with Gasteiger partial charge >= 0.3 is 5.37 Å². The first kappa shape index (κ1) is 25.7. The first-order chi connectivity index (χ1) is 13.9. The van der Waals surface area contributed by atoms with E-state index in [1.165, 1.54) is 51.4 Å². The molecule has 0 aliphatic carbocycles. The number of aryl methyl sites for hydroxylation is 1. The van der Waals surface area contributed by atoms with E-state index in [2.05, 4.69) is 11.8 Å². The number of unbranched alkanes of at least 4 members (excludes halogenated alkanes) is 10. The first-order valence-corrected chi connectivity index (χ1v) is 12.8. The minimum atomic E-state index is -3.73. The van der Waals surface area contributed by atoms with Gasteiger partial charge in [-0.3, -0.25) is 4.85 Å². The maximum absolute atomic E-state index is 12.6. The molecule has 0 amide bonds. The molecule has 0 saturated heterocycles. The fourth-order valence-corrected chi connectivity index (χ4v) is 4.97. The lowest BCUT2D eigenvalue weighted by Crippen LogP contribution is -2.24. The summed E-state index contributed by atoms with van der Waals surface area (Å²) in [5, 5.41) is 9.03. The fraction of sp³-hybridized carbons (Fsp3) is 0.708. The van der Waals surface area contributed by atoms with Crippen LogP contribution in [0, 0.1) is 13.5 Å². The molecule has 2 atom stereocenters. The van der Waals surface area contributed by atoms with E-state index in [-0.39, 0.29) is 11.3 Å². The number of hydrogen-bond acceptors (Lipinski definition) is 3. The monoisotopic (exact) mass is 421 g/mol. The zero-order valence-corrected chi connectivity index (χ0v) is 19.1. The summed E-state index contributed by atoms with van der Waals surface area (Å²) in [6.07, 6.45) is 13.4. The second-order valence-electron chi connectivity index (χ2n) is 8.16. The summed E-state index contributed by atoms with van der Waals surface area (Å²) >= 11 is 0. The van der Waals surface area contributed by atoms with Crippen LogP contribution >= 0.6 is 0 Å². The maximum atomic E-state index is 12.6. The van der Waals surface area contributed by atoms with Gasteiger partial charge < -0.3 is 5.11 Å². The molecule has 1 rings (SSSR count). The van der Waals surface area contributed by atoms with Gasteiger partial charge in [-0.1, -0.05) is 95.2 Å². The molecule has 29 heavy (non-hydrogen) atoms. The summed E-state index contributed by atoms with van der Waals surface area (Å²) < 4.78 is 25.3. The van der Waals surface area contributed by atoms with Crippen molar-refractivity contribution in [2.75, 3.05) is 0 Å². The third-order valence-corrected chi connectivity index (χ3v) is 7.41. The van der Waals surface area contributed by atoms with Crippen LogP contribution in [-0.2, 0) is 9.84 Å². The van der Waals surface area contributed by atoms with E-state index in [0.717, 1.165) is 24.8 Å². The second-order valence-corrected chi connectivity index (χ2v) is 10.3. The van der Waals surface area contributed by atoms with Crippen LogP contribution < -0.4 is 0 Å². The standard InChI is InChI=1S/C24H39NO3S/c1-4-5-6-7-8-9-10-11-12-13-14-15-22(26)20-24(25-3)29(27,28)23-18-16-21(2)17-19-23/h16-19,22,24,26H,4-15,20H2,1-2H3. The largest absolute Gasteiger partial charge is 0.393 e. The number of rotatable bonds is 16. The topological polar surface area (TPSA) is 58.7 Å². The average Bonchev–Trinajstić information content (AvgIpc) is 2.70. The molecule has 0 heterocycles. The molecular weight excluding hydrogens is 382 g/mol. The van der Waals surface area contributed by atoms with Crippen molar-refractivity contribution in [3.63, 3.8) is 0 Å². The average molecular weight is 422 g/mol. The van der Waals surface area contributed by atoms with E-state index in [1.54, 1.807) is 24.3 Å². The van der Waals surface area contributed by atoms with Crippen molar-refractivity contribution >= 4 is 9.84 Å². The van der Waals surface area contributed by atoms with Crippen LogP contribution in [0.3, 0.4) is 0 Å². The highest BCUT2D eigenvalue weighted by Gasteiger charge is 2.34. The van der Waals surface area contributed by atoms with E-state index in [4.69, 9.17) is 6.57 Å². The lowest BCUT2D eigenvalue weighted by Gasteiger charge is -2.13. The van der Waals surface area contributed by atoms with E-state index in [9.17, 15) is 13.5 Å². The van der Waals surface area contributed by atoms with Gasteiger partial charge in [0.2, 0.25) is 0 Å². The highest BCUT2D eigenvalue weighted by molar-refractivity contribution is 7.92. The Hall–Kier alpha value is -1.38. The van der Waals surface area contributed by atoms with Crippen LogP contribution in [0.2, 0.25) is 0 Å². The summed E-state index contributed by atoms with van der Waals surface area (Å²) in [6, 6.07) is 6.54. The minimum absolute atomic E-state index is 0.0164. The molecule has 2 unspecified atom stereocenters. The van der Waals surface area contributed by atoms with E-state index < -0.39 is 21.3 Å². The van der Waals surface area contributed by atoms with Crippen molar-refractivity contribution in [3.8, 4) is 0 Å². The molecule has 0 fully saturated rings. The molecule has 0 aliphatic heterocycles. The summed E-state index contributed by atoms with van der Waals surface area (Å²) in [7, 11) is -3.73. The van der Waals surface area contributed by atoms with Crippen molar-refractivity contribution in [1.29, 1.82) is 0 Å². The molecule has 1 aromatic carbocycles. The third-order valence-electron chi connectivity index (χ3n) is 5.47. The fourth-order valence-electron chi connectivity index (χ4n) is 3.53. The maximum Gasteiger partial charge on any atom is 0.327 e. The normalized spacial score (nSPS) is 13.7. The van der Waals surface area contributed by atoms with E-state index >= 15 is 0 Å². The molecule has 1 N–H and O–H groups in total. The first-order valence-electron chi connectivity index (χ1n) is 11.3. The molecule has 0 aromatic heterocycles. The molecule has 0 spiro atoms. The second kappa shape index (κ2) is 14.6. The molecular formula is C24H39NO3S. The Balaban J connectivity index is 2.23. The van der Waals surface area contributed by atoms with Crippen molar-refractivity contribution in [2.45, 2.75) is 114 Å². The number of nitrogens with zero attached hydrogens (tertiary/aromatic N) is 1. The van der Waals surface area contributed by atoms with Gasteiger partial charge in [-0.25, -0.2) is 15.0 Å². The number of sulfone groups is 1. The number of aliphatic hydroxyl groups is 1. The number of aliphatic hydroxyl groups excluding tert-OH is 1. The Kier molecular flexibility index (Phi) is 12.9. The molecule has 5 heteroatoms. The Bertz CT molecular complexity index is 692. The lowest BCUT2D eigenvalue weighted by molar-refractivity contribution is 0.152. The lowest BCUT2D eigenvalue weighted by atomic mass is 10.0. The zero-order chi connectivity index (χ0) is 21.5. The number of benzene rings is 1. The van der Waals surface area contributed by atoms with Gasteiger partial charge in [-0.05, 0) is 25.5 Å². The van der Waals surface area contributed by atoms with Crippen LogP contribution in [0.5, 0.6) is 0 Å². The molecule has 4 nitrogen and oxygen atoms in total. The van der Waals surface area contributed by atoms with E-state index in [0.29, 0.717) is 6.42 Å². The highest BCUT2D eigenvalue weighted by atomic mass is 32.2. The van der Waals surface area contributed by atoms with Gasteiger partial charge in [-0.2, -0.15) is 0 Å². The predicted molar refractivity (Wildman–Crippen MR) is 120 cm³/mol. The van der Waals surface area contributed by atoms with Crippen LogP contribution in [0.1, 0.15) is 96.0 Å². The molecule has 0 radical (unpaired) electrons. The minimum Gasteiger partial charge on any atom is -0.393 e. The van der Waals surface area contributed by atoms with Gasteiger partial charge in [0.1, 0.15) is 0 Å². The van der Waals surface area contributed by atoms with Crippen LogP contribution in [-0.4, -0.2) is 25.0 Å². The van der Waals surface area contributed by atoms with Crippen molar-refractivity contribution in [2.24, 2.45) is 0 Å². The quantitative estimate of drug-likeness (QED) is 0.246. The molecule has 164 valence electrons. The van der Waals surface area contributed by atoms with Crippen LogP contribution in [0.4, 0.5) is 0 Å². The molecule has 1 aromatic rings. The summed E-state index contributed by atoms with van der Waals surface area (Å²) in [5.41, 5.74) is 0.972. The Morgan fingerprint density at radius 3 is 1.86 bits per heavy atom.